The lowest BCUT2D eigenvalue weighted by atomic mass is 9.92. The molecule has 1 aliphatic rings. The lowest BCUT2D eigenvalue weighted by molar-refractivity contribution is 1.66. The van der Waals surface area contributed by atoms with Crippen LogP contribution in [0, 0.1) is 0 Å². The summed E-state index contributed by atoms with van der Waals surface area (Å²) in [5.74, 6) is 0. The van der Waals surface area contributed by atoms with Crippen LogP contribution in [0.15, 0.2) is 91.0 Å². The molecule has 120 valence electrons. The molecular formula is C26H16. The van der Waals surface area contributed by atoms with Gasteiger partial charge in [0.2, 0.25) is 0 Å². The van der Waals surface area contributed by atoms with Gasteiger partial charge in [-0.1, -0.05) is 91.0 Å². The van der Waals surface area contributed by atoms with E-state index in [0.29, 0.717) is 0 Å². The van der Waals surface area contributed by atoms with Crippen molar-refractivity contribution in [1.82, 2.24) is 0 Å². The summed E-state index contributed by atoms with van der Waals surface area (Å²) in [5.41, 5.74) is 5.32. The van der Waals surface area contributed by atoms with Gasteiger partial charge in [-0.25, -0.2) is 0 Å². The second kappa shape index (κ2) is 5.06. The average molecular weight is 328 g/mol. The maximum atomic E-state index is 2.35. The summed E-state index contributed by atoms with van der Waals surface area (Å²) in [6.07, 6.45) is 2.35. The smallest absolute Gasteiger partial charge is 0.00324 e. The first-order valence-corrected chi connectivity index (χ1v) is 9.05. The highest BCUT2D eigenvalue weighted by Crippen LogP contribution is 2.42. The minimum atomic E-state index is 1.29. The Morgan fingerprint density at radius 2 is 1.15 bits per heavy atom. The molecule has 0 fully saturated rings. The van der Waals surface area contributed by atoms with Crippen molar-refractivity contribution in [2.75, 3.05) is 0 Å². The molecule has 5 aromatic rings. The lowest BCUT2D eigenvalue weighted by Gasteiger charge is -2.12. The molecule has 0 nitrogen and oxygen atoms in total. The second-order valence-corrected chi connectivity index (χ2v) is 7.00. The molecule has 0 radical (unpaired) electrons. The quantitative estimate of drug-likeness (QED) is 0.284. The Kier molecular flexibility index (Phi) is 2.70. The van der Waals surface area contributed by atoms with E-state index in [-0.39, 0.29) is 0 Å². The van der Waals surface area contributed by atoms with Crippen LogP contribution in [0.25, 0.3) is 44.0 Å². The molecule has 0 unspecified atom stereocenters. The largest absolute Gasteiger partial charge is 0.0616 e. The van der Waals surface area contributed by atoms with Crippen LogP contribution in [0.4, 0.5) is 0 Å². The zero-order chi connectivity index (χ0) is 17.1. The summed E-state index contributed by atoms with van der Waals surface area (Å²) < 4.78 is 0. The van der Waals surface area contributed by atoms with Crippen LogP contribution in [0.5, 0.6) is 0 Å². The Morgan fingerprint density at radius 1 is 0.423 bits per heavy atom. The summed E-state index contributed by atoms with van der Waals surface area (Å²) in [6, 6.07) is 33.0. The molecule has 0 heterocycles. The maximum absolute atomic E-state index is 2.35. The third kappa shape index (κ3) is 1.79. The molecule has 0 aliphatic heterocycles. The van der Waals surface area contributed by atoms with Crippen molar-refractivity contribution in [2.45, 2.75) is 0 Å². The van der Waals surface area contributed by atoms with Gasteiger partial charge in [0, 0.05) is 0 Å². The average Bonchev–Trinajstić information content (AvgIpc) is 3.08. The highest BCUT2D eigenvalue weighted by atomic mass is 14.2. The van der Waals surface area contributed by atoms with Crippen molar-refractivity contribution in [3.05, 3.63) is 108 Å². The highest BCUT2D eigenvalue weighted by molar-refractivity contribution is 6.18. The van der Waals surface area contributed by atoms with E-state index in [9.17, 15) is 0 Å². The first-order chi connectivity index (χ1) is 12.9. The van der Waals surface area contributed by atoms with Crippen molar-refractivity contribution < 1.29 is 0 Å². The van der Waals surface area contributed by atoms with Gasteiger partial charge in [-0.15, -0.1) is 0 Å². The summed E-state index contributed by atoms with van der Waals surface area (Å²) >= 11 is 0. The monoisotopic (exact) mass is 328 g/mol. The Labute approximate surface area is 152 Å². The standard InChI is InChI=1S/C26H16/c1-2-10-20-17(6-1)14-15-23-21(20)11-5-12-22(23)25-16-19-9-3-7-18-8-4-13-24(25)26(18)19/h1-16H. The molecule has 6 rings (SSSR count). The Balaban J connectivity index is 1.70. The molecular weight excluding hydrogens is 312 g/mol. The van der Waals surface area contributed by atoms with Crippen molar-refractivity contribution in [3.8, 4) is 0 Å². The summed E-state index contributed by atoms with van der Waals surface area (Å²) in [7, 11) is 0. The van der Waals surface area contributed by atoms with E-state index in [0.717, 1.165) is 0 Å². The van der Waals surface area contributed by atoms with Crippen LogP contribution in [-0.2, 0) is 0 Å². The van der Waals surface area contributed by atoms with E-state index < -0.39 is 0 Å². The molecule has 26 heavy (non-hydrogen) atoms. The second-order valence-electron chi connectivity index (χ2n) is 7.00. The van der Waals surface area contributed by atoms with Crippen molar-refractivity contribution in [3.63, 3.8) is 0 Å². The van der Waals surface area contributed by atoms with Gasteiger partial charge in [0.1, 0.15) is 0 Å². The van der Waals surface area contributed by atoms with Gasteiger partial charge >= 0.3 is 0 Å². The van der Waals surface area contributed by atoms with Crippen LogP contribution in [-0.4, -0.2) is 0 Å². The van der Waals surface area contributed by atoms with Crippen LogP contribution < -0.4 is 0 Å². The Hall–Kier alpha value is -3.38. The Bertz CT molecular complexity index is 1360. The van der Waals surface area contributed by atoms with Crippen molar-refractivity contribution in [1.29, 1.82) is 0 Å². The van der Waals surface area contributed by atoms with Gasteiger partial charge < -0.3 is 0 Å². The van der Waals surface area contributed by atoms with E-state index in [4.69, 9.17) is 0 Å². The van der Waals surface area contributed by atoms with E-state index in [1.807, 2.05) is 0 Å². The Morgan fingerprint density at radius 3 is 2.12 bits per heavy atom. The fourth-order valence-electron chi connectivity index (χ4n) is 4.45. The zero-order valence-electron chi connectivity index (χ0n) is 14.2. The van der Waals surface area contributed by atoms with Gasteiger partial charge in [-0.3, -0.25) is 0 Å². The lowest BCUT2D eigenvalue weighted by Crippen LogP contribution is -1.88. The SMILES string of the molecule is C1=C(c2cccc3c2ccc2ccccc23)c2cccc3cccc1c23. The highest BCUT2D eigenvalue weighted by Gasteiger charge is 2.19. The van der Waals surface area contributed by atoms with E-state index >= 15 is 0 Å². The summed E-state index contributed by atoms with van der Waals surface area (Å²) in [6.45, 7) is 0. The predicted octanol–water partition coefficient (Wildman–Crippen LogP) is 7.05. The number of hydrogen-bond donors (Lipinski definition) is 0. The predicted molar refractivity (Wildman–Crippen MR) is 112 cm³/mol. The van der Waals surface area contributed by atoms with Gasteiger partial charge in [0.05, 0.1) is 0 Å². The molecule has 0 saturated carbocycles. The number of hydrogen-bond acceptors (Lipinski definition) is 0. The summed E-state index contributed by atoms with van der Waals surface area (Å²) in [5, 5.41) is 7.95. The van der Waals surface area contributed by atoms with Crippen LogP contribution in [0.3, 0.4) is 0 Å². The zero-order valence-corrected chi connectivity index (χ0v) is 14.2. The van der Waals surface area contributed by atoms with Gasteiger partial charge in [-0.2, -0.15) is 0 Å². The minimum Gasteiger partial charge on any atom is -0.0616 e. The van der Waals surface area contributed by atoms with Crippen molar-refractivity contribution >= 4 is 44.0 Å². The van der Waals surface area contributed by atoms with Crippen LogP contribution in [0.2, 0.25) is 0 Å². The maximum Gasteiger partial charge on any atom is -0.00324 e. The van der Waals surface area contributed by atoms with Gasteiger partial charge in [0.15, 0.2) is 0 Å². The molecule has 0 bridgehead atoms. The normalized spacial score (nSPS) is 12.8. The third-order valence-electron chi connectivity index (χ3n) is 5.60. The fraction of sp³-hybridized carbons (Fsp3) is 0. The first-order valence-electron chi connectivity index (χ1n) is 9.05. The molecule has 0 heteroatoms. The molecule has 0 atom stereocenters. The van der Waals surface area contributed by atoms with Gasteiger partial charge in [-0.05, 0) is 60.7 Å². The number of fused-ring (bicyclic) bond motifs is 3. The van der Waals surface area contributed by atoms with E-state index in [1.54, 1.807) is 0 Å². The molecule has 1 aliphatic carbocycles. The van der Waals surface area contributed by atoms with Crippen molar-refractivity contribution in [2.24, 2.45) is 0 Å². The van der Waals surface area contributed by atoms with Crippen LogP contribution >= 0.6 is 0 Å². The number of rotatable bonds is 1. The van der Waals surface area contributed by atoms with Gasteiger partial charge in [0.25, 0.3) is 0 Å². The minimum absolute atomic E-state index is 1.29. The molecule has 0 amide bonds. The summed E-state index contributed by atoms with van der Waals surface area (Å²) in [4.78, 5) is 0. The molecule has 0 saturated heterocycles. The molecule has 0 aromatic heterocycles. The first kappa shape index (κ1) is 13.9. The molecule has 0 spiro atoms. The third-order valence-corrected chi connectivity index (χ3v) is 5.60. The molecule has 0 N–H and O–H groups in total. The van der Waals surface area contributed by atoms with E-state index in [1.165, 1.54) is 54.6 Å². The fourth-order valence-corrected chi connectivity index (χ4v) is 4.45. The topological polar surface area (TPSA) is 0 Å². The van der Waals surface area contributed by atoms with Crippen LogP contribution in [0.1, 0.15) is 16.7 Å². The molecule has 5 aromatic carbocycles. The van der Waals surface area contributed by atoms with E-state index in [2.05, 4.69) is 97.1 Å². The number of benzene rings is 5.